The van der Waals surface area contributed by atoms with Crippen molar-refractivity contribution in [3.05, 3.63) is 65.9 Å². The molecule has 0 atom stereocenters. The van der Waals surface area contributed by atoms with Crippen LogP contribution in [0.15, 0.2) is 54.7 Å². The van der Waals surface area contributed by atoms with Gasteiger partial charge >= 0.3 is 5.97 Å². The lowest BCUT2D eigenvalue weighted by Crippen LogP contribution is -2.04. The molecule has 2 aromatic carbocycles. The lowest BCUT2D eigenvalue weighted by Gasteiger charge is -2.11. The average Bonchev–Trinajstić information content (AvgIpc) is 2.54. The number of ketones is 1. The van der Waals surface area contributed by atoms with E-state index in [4.69, 9.17) is 9.84 Å². The summed E-state index contributed by atoms with van der Waals surface area (Å²) in [6.45, 7) is 0. The van der Waals surface area contributed by atoms with E-state index in [1.165, 1.54) is 24.4 Å². The van der Waals surface area contributed by atoms with Gasteiger partial charge in [-0.05, 0) is 42.5 Å². The van der Waals surface area contributed by atoms with E-state index in [1.54, 1.807) is 31.4 Å². The molecular weight excluding hydrogens is 298 g/mol. The zero-order chi connectivity index (χ0) is 16.8. The number of methoxy groups -OCH3 is 1. The number of rotatable bonds is 6. The van der Waals surface area contributed by atoms with Crippen molar-refractivity contribution in [2.24, 2.45) is 0 Å². The summed E-state index contributed by atoms with van der Waals surface area (Å²) in [6.07, 6.45) is 2.71. The molecular formula is C17H14NO5-. The lowest BCUT2D eigenvalue weighted by atomic mass is 10.1. The van der Waals surface area contributed by atoms with Crippen molar-refractivity contribution in [1.29, 1.82) is 0 Å². The Bertz CT molecular complexity index is 750. The maximum atomic E-state index is 11.9. The molecule has 0 heterocycles. The molecule has 0 aromatic heterocycles. The predicted molar refractivity (Wildman–Crippen MR) is 82.9 cm³/mol. The van der Waals surface area contributed by atoms with E-state index in [2.05, 4.69) is 5.32 Å². The van der Waals surface area contributed by atoms with Crippen LogP contribution in [-0.2, 0) is 0 Å². The highest BCUT2D eigenvalue weighted by Crippen LogP contribution is 2.19. The number of carbonyl (C=O) groups is 2. The van der Waals surface area contributed by atoms with Crippen molar-refractivity contribution >= 4 is 17.4 Å². The number of hydrogen-bond donors (Lipinski definition) is 2. The first-order valence-corrected chi connectivity index (χ1v) is 6.67. The lowest BCUT2D eigenvalue weighted by molar-refractivity contribution is -0.268. The minimum atomic E-state index is -1.27. The number of carboxylic acids is 1. The Labute approximate surface area is 132 Å². The fourth-order valence-corrected chi connectivity index (χ4v) is 1.85. The first-order valence-electron chi connectivity index (χ1n) is 6.67. The molecule has 6 heteroatoms. The van der Waals surface area contributed by atoms with Crippen LogP contribution in [0, 0.1) is 0 Å². The van der Waals surface area contributed by atoms with Crippen molar-refractivity contribution in [3.63, 3.8) is 0 Å². The van der Waals surface area contributed by atoms with Crippen LogP contribution in [-0.4, -0.2) is 24.0 Å². The van der Waals surface area contributed by atoms with Crippen LogP contribution in [0.25, 0.3) is 0 Å². The molecule has 0 unspecified atom stereocenters. The van der Waals surface area contributed by atoms with E-state index in [1.807, 2.05) is 0 Å². The largest absolute Gasteiger partial charge is 0.872 e. The molecule has 118 valence electrons. The Morgan fingerprint density at radius 1 is 1.17 bits per heavy atom. The SMILES string of the molecule is COc1ccc(C(=O)/C=C/Nc2ccc(C(=O)O)c([O-])c2)cc1. The molecule has 0 aliphatic carbocycles. The number of aromatic carboxylic acids is 1. The number of carboxylic acid groups (broad SMARTS) is 1. The van der Waals surface area contributed by atoms with Gasteiger partial charge in [-0.15, -0.1) is 0 Å². The van der Waals surface area contributed by atoms with E-state index in [9.17, 15) is 14.7 Å². The number of carbonyl (C=O) groups excluding carboxylic acids is 1. The number of allylic oxidation sites excluding steroid dienone is 1. The first-order chi connectivity index (χ1) is 11.0. The first kappa shape index (κ1) is 16.1. The van der Waals surface area contributed by atoms with Crippen LogP contribution in [0.1, 0.15) is 20.7 Å². The number of ether oxygens (including phenoxy) is 1. The van der Waals surface area contributed by atoms with Crippen LogP contribution in [0.3, 0.4) is 0 Å². The Morgan fingerprint density at radius 2 is 1.87 bits per heavy atom. The van der Waals surface area contributed by atoms with Crippen molar-refractivity contribution < 1.29 is 24.5 Å². The molecule has 0 spiro atoms. The van der Waals surface area contributed by atoms with Gasteiger partial charge in [-0.1, -0.05) is 5.75 Å². The summed E-state index contributed by atoms with van der Waals surface area (Å²) in [5.74, 6) is -1.43. The summed E-state index contributed by atoms with van der Waals surface area (Å²) in [6, 6.07) is 10.5. The van der Waals surface area contributed by atoms with E-state index in [0.29, 0.717) is 17.0 Å². The molecule has 23 heavy (non-hydrogen) atoms. The topological polar surface area (TPSA) is 98.7 Å². The Morgan fingerprint density at radius 3 is 2.43 bits per heavy atom. The van der Waals surface area contributed by atoms with Crippen molar-refractivity contribution in [2.45, 2.75) is 0 Å². The summed E-state index contributed by atoms with van der Waals surface area (Å²) in [7, 11) is 1.54. The summed E-state index contributed by atoms with van der Waals surface area (Å²) >= 11 is 0. The Balaban J connectivity index is 2.01. The standard InChI is InChI=1S/C17H15NO5/c1-23-13-5-2-11(3-6-13)15(19)8-9-18-12-4-7-14(17(21)22)16(20)10-12/h2-10,18,20H,1H3,(H,21,22)/p-1/b9-8+. The molecule has 6 nitrogen and oxygen atoms in total. The van der Waals surface area contributed by atoms with Gasteiger partial charge in [-0.25, -0.2) is 4.79 Å². The maximum Gasteiger partial charge on any atom is 0.335 e. The van der Waals surface area contributed by atoms with Crippen LogP contribution in [0.5, 0.6) is 11.5 Å². The highest BCUT2D eigenvalue weighted by atomic mass is 16.5. The minimum absolute atomic E-state index is 0.218. The number of benzene rings is 2. The zero-order valence-corrected chi connectivity index (χ0v) is 12.3. The summed E-state index contributed by atoms with van der Waals surface area (Å²) in [5, 5.41) is 23.1. The van der Waals surface area contributed by atoms with Gasteiger partial charge in [-0.3, -0.25) is 4.79 Å². The third-order valence-electron chi connectivity index (χ3n) is 3.07. The third kappa shape index (κ3) is 4.10. The smallest absolute Gasteiger partial charge is 0.335 e. The predicted octanol–water partition coefficient (Wildman–Crippen LogP) is 2.28. The van der Waals surface area contributed by atoms with Crippen LogP contribution in [0.2, 0.25) is 0 Å². The highest BCUT2D eigenvalue weighted by molar-refractivity contribution is 6.04. The maximum absolute atomic E-state index is 11.9. The number of nitrogens with one attached hydrogen (secondary N) is 1. The fourth-order valence-electron chi connectivity index (χ4n) is 1.85. The van der Waals surface area contributed by atoms with Crippen molar-refractivity contribution in [3.8, 4) is 11.5 Å². The summed E-state index contributed by atoms with van der Waals surface area (Å²) < 4.78 is 5.01. The number of anilines is 1. The van der Waals surface area contributed by atoms with Gasteiger partial charge < -0.3 is 20.3 Å². The van der Waals surface area contributed by atoms with Crippen molar-refractivity contribution in [1.82, 2.24) is 0 Å². The molecule has 0 bridgehead atoms. The van der Waals surface area contributed by atoms with E-state index in [0.717, 1.165) is 6.07 Å². The molecule has 0 aliphatic heterocycles. The van der Waals surface area contributed by atoms with Crippen LogP contribution >= 0.6 is 0 Å². The van der Waals surface area contributed by atoms with Gasteiger partial charge in [0.2, 0.25) is 0 Å². The van der Waals surface area contributed by atoms with Gasteiger partial charge in [0.25, 0.3) is 0 Å². The normalized spacial score (nSPS) is 10.5. The summed E-state index contributed by atoms with van der Waals surface area (Å²) in [5.41, 5.74) is 0.599. The second-order valence-corrected chi connectivity index (χ2v) is 4.59. The van der Waals surface area contributed by atoms with Crippen molar-refractivity contribution in [2.75, 3.05) is 12.4 Å². The molecule has 0 saturated heterocycles. The summed E-state index contributed by atoms with van der Waals surface area (Å²) in [4.78, 5) is 22.7. The molecule has 2 N–H and O–H groups in total. The second kappa shape index (κ2) is 7.13. The molecule has 0 fully saturated rings. The molecule has 0 radical (unpaired) electrons. The quantitative estimate of drug-likeness (QED) is 0.627. The number of hydrogen-bond acceptors (Lipinski definition) is 5. The van der Waals surface area contributed by atoms with Gasteiger partial charge in [0.1, 0.15) is 5.75 Å². The van der Waals surface area contributed by atoms with Gasteiger partial charge in [0.15, 0.2) is 5.78 Å². The molecule has 0 aliphatic rings. The van der Waals surface area contributed by atoms with E-state index >= 15 is 0 Å². The van der Waals surface area contributed by atoms with Gasteiger partial charge in [0, 0.05) is 23.5 Å². The monoisotopic (exact) mass is 312 g/mol. The van der Waals surface area contributed by atoms with Crippen LogP contribution in [0.4, 0.5) is 5.69 Å². The highest BCUT2D eigenvalue weighted by Gasteiger charge is 2.04. The van der Waals surface area contributed by atoms with Gasteiger partial charge in [-0.2, -0.15) is 0 Å². The molecule has 2 aromatic rings. The van der Waals surface area contributed by atoms with E-state index < -0.39 is 11.7 Å². The Kier molecular flexibility index (Phi) is 4.99. The van der Waals surface area contributed by atoms with E-state index in [-0.39, 0.29) is 11.3 Å². The molecule has 0 saturated carbocycles. The third-order valence-corrected chi connectivity index (χ3v) is 3.07. The second-order valence-electron chi connectivity index (χ2n) is 4.59. The van der Waals surface area contributed by atoms with Gasteiger partial charge in [0.05, 0.1) is 12.7 Å². The zero-order valence-electron chi connectivity index (χ0n) is 12.3. The average molecular weight is 312 g/mol. The van der Waals surface area contributed by atoms with Crippen LogP contribution < -0.4 is 15.2 Å². The Hall–Kier alpha value is -3.28. The molecule has 0 amide bonds. The minimum Gasteiger partial charge on any atom is -0.872 e. The molecule has 2 rings (SSSR count). The fraction of sp³-hybridized carbons (Fsp3) is 0.0588.